The number of halogens is 3. The van der Waals surface area contributed by atoms with Gasteiger partial charge >= 0.3 is 6.18 Å². The fourth-order valence-electron chi connectivity index (χ4n) is 1.11. The van der Waals surface area contributed by atoms with E-state index in [-0.39, 0.29) is 0 Å². The molecular weight excluding hydrogens is 217 g/mol. The van der Waals surface area contributed by atoms with Gasteiger partial charge in [-0.1, -0.05) is 0 Å². The summed E-state index contributed by atoms with van der Waals surface area (Å²) in [5.74, 6) is 0. The third kappa shape index (κ3) is 4.10. The average Bonchev–Trinajstić information content (AvgIpc) is 2.13. The van der Waals surface area contributed by atoms with Crippen molar-refractivity contribution in [2.45, 2.75) is 25.6 Å². The summed E-state index contributed by atoms with van der Waals surface area (Å²) in [6.07, 6.45) is -4.29. The van der Waals surface area contributed by atoms with Gasteiger partial charge in [-0.15, -0.1) is 0 Å². The minimum atomic E-state index is -4.29. The van der Waals surface area contributed by atoms with Gasteiger partial charge in [0.2, 0.25) is 0 Å². The first-order chi connectivity index (χ1) is 7.18. The van der Waals surface area contributed by atoms with Crippen LogP contribution >= 0.6 is 0 Å². The zero-order chi connectivity index (χ0) is 12.4. The molecule has 0 unspecified atom stereocenters. The van der Waals surface area contributed by atoms with Crippen molar-refractivity contribution in [1.29, 1.82) is 0 Å². The lowest BCUT2D eigenvalue weighted by molar-refractivity contribution is -0.137. The van der Waals surface area contributed by atoms with Gasteiger partial charge in [0.05, 0.1) is 5.56 Å². The molecule has 5 heteroatoms. The molecule has 16 heavy (non-hydrogen) atoms. The molecule has 0 aliphatic heterocycles. The number of benzene rings is 1. The van der Waals surface area contributed by atoms with Gasteiger partial charge in [0.15, 0.2) is 0 Å². The van der Waals surface area contributed by atoms with Crippen molar-refractivity contribution in [2.24, 2.45) is 5.73 Å². The first-order valence-electron chi connectivity index (χ1n) is 4.88. The molecule has 2 nitrogen and oxygen atoms in total. The molecule has 0 saturated heterocycles. The van der Waals surface area contributed by atoms with Gasteiger partial charge in [0.1, 0.15) is 0 Å². The van der Waals surface area contributed by atoms with Crippen LogP contribution in [0.5, 0.6) is 0 Å². The molecule has 0 aliphatic carbocycles. The summed E-state index contributed by atoms with van der Waals surface area (Å²) in [6.45, 7) is 4.17. The smallest absolute Gasteiger partial charge is 0.383 e. The highest BCUT2D eigenvalue weighted by atomic mass is 19.4. The number of hydrogen-bond acceptors (Lipinski definition) is 2. The van der Waals surface area contributed by atoms with E-state index >= 15 is 0 Å². The van der Waals surface area contributed by atoms with Crippen molar-refractivity contribution in [3.8, 4) is 0 Å². The van der Waals surface area contributed by atoms with Crippen LogP contribution in [0.4, 0.5) is 18.9 Å². The SMILES string of the molecule is CC(C)(N)CNc1ccc(C(F)(F)F)cc1. The van der Waals surface area contributed by atoms with E-state index in [4.69, 9.17) is 5.73 Å². The molecule has 1 aromatic rings. The van der Waals surface area contributed by atoms with Crippen LogP contribution in [-0.4, -0.2) is 12.1 Å². The van der Waals surface area contributed by atoms with Crippen LogP contribution < -0.4 is 11.1 Å². The van der Waals surface area contributed by atoms with Crippen molar-refractivity contribution in [3.05, 3.63) is 29.8 Å². The topological polar surface area (TPSA) is 38.0 Å². The number of alkyl halides is 3. The number of anilines is 1. The summed E-state index contributed by atoms with van der Waals surface area (Å²) < 4.78 is 36.8. The predicted octanol–water partition coefficient (Wildman–Crippen LogP) is 2.85. The van der Waals surface area contributed by atoms with Crippen LogP contribution in [0.1, 0.15) is 19.4 Å². The molecule has 0 amide bonds. The molecule has 0 atom stereocenters. The predicted molar refractivity (Wildman–Crippen MR) is 58.2 cm³/mol. The molecule has 1 aromatic carbocycles. The highest BCUT2D eigenvalue weighted by molar-refractivity contribution is 5.45. The Morgan fingerprint density at radius 1 is 1.12 bits per heavy atom. The van der Waals surface area contributed by atoms with Gasteiger partial charge in [-0.2, -0.15) is 13.2 Å². The van der Waals surface area contributed by atoms with Crippen molar-refractivity contribution in [1.82, 2.24) is 0 Å². The molecule has 1 rings (SSSR count). The Kier molecular flexibility index (Phi) is 3.48. The summed E-state index contributed by atoms with van der Waals surface area (Å²) in [5, 5.41) is 2.97. The number of rotatable bonds is 3. The quantitative estimate of drug-likeness (QED) is 0.841. The normalized spacial score (nSPS) is 12.6. The molecular formula is C11H15F3N2. The van der Waals surface area contributed by atoms with Gasteiger partial charge in [-0.05, 0) is 38.1 Å². The summed E-state index contributed by atoms with van der Waals surface area (Å²) >= 11 is 0. The standard InChI is InChI=1S/C11H15F3N2/c1-10(2,15)7-16-9-5-3-8(4-6-9)11(12,13)14/h3-6,16H,7,15H2,1-2H3. The van der Waals surface area contributed by atoms with E-state index in [1.165, 1.54) is 12.1 Å². The van der Waals surface area contributed by atoms with Gasteiger partial charge in [0.25, 0.3) is 0 Å². The maximum Gasteiger partial charge on any atom is 0.416 e. The molecule has 0 bridgehead atoms. The maximum absolute atomic E-state index is 12.3. The highest BCUT2D eigenvalue weighted by Crippen LogP contribution is 2.29. The molecule has 0 spiro atoms. The largest absolute Gasteiger partial charge is 0.416 e. The molecule has 3 N–H and O–H groups in total. The van der Waals surface area contributed by atoms with Crippen LogP contribution in [0, 0.1) is 0 Å². The Balaban J connectivity index is 2.66. The van der Waals surface area contributed by atoms with E-state index in [1.54, 1.807) is 0 Å². The Bertz CT molecular complexity index is 336. The number of nitrogens with two attached hydrogens (primary N) is 1. The second kappa shape index (κ2) is 4.33. The van der Waals surface area contributed by atoms with Gasteiger partial charge in [-0.25, -0.2) is 0 Å². The Labute approximate surface area is 92.6 Å². The molecule has 0 aliphatic rings. The third-order valence-corrected chi connectivity index (χ3v) is 1.96. The summed E-state index contributed by atoms with van der Waals surface area (Å²) in [4.78, 5) is 0. The molecule has 0 radical (unpaired) electrons. The zero-order valence-electron chi connectivity index (χ0n) is 9.23. The van der Waals surface area contributed by atoms with Crippen LogP contribution in [0.2, 0.25) is 0 Å². The Morgan fingerprint density at radius 2 is 1.62 bits per heavy atom. The summed E-state index contributed by atoms with van der Waals surface area (Å²) in [6, 6.07) is 4.89. The molecule has 0 heterocycles. The summed E-state index contributed by atoms with van der Waals surface area (Å²) in [7, 11) is 0. The monoisotopic (exact) mass is 232 g/mol. The molecule has 0 saturated carbocycles. The van der Waals surface area contributed by atoms with Crippen LogP contribution in [-0.2, 0) is 6.18 Å². The first kappa shape index (κ1) is 12.8. The van der Waals surface area contributed by atoms with Gasteiger partial charge in [0, 0.05) is 17.8 Å². The van der Waals surface area contributed by atoms with E-state index < -0.39 is 17.3 Å². The minimum absolute atomic E-state index is 0.400. The first-order valence-corrected chi connectivity index (χ1v) is 4.88. The van der Waals surface area contributed by atoms with Crippen molar-refractivity contribution >= 4 is 5.69 Å². The van der Waals surface area contributed by atoms with Crippen LogP contribution in [0.3, 0.4) is 0 Å². The van der Waals surface area contributed by atoms with E-state index in [1.807, 2.05) is 13.8 Å². The van der Waals surface area contributed by atoms with E-state index in [0.717, 1.165) is 12.1 Å². The van der Waals surface area contributed by atoms with Crippen molar-refractivity contribution in [3.63, 3.8) is 0 Å². The Morgan fingerprint density at radius 3 is 2.00 bits per heavy atom. The third-order valence-electron chi connectivity index (χ3n) is 1.96. The molecule has 0 fully saturated rings. The van der Waals surface area contributed by atoms with Crippen LogP contribution in [0.25, 0.3) is 0 Å². The molecule has 90 valence electrons. The average molecular weight is 232 g/mol. The lowest BCUT2D eigenvalue weighted by Gasteiger charge is -2.20. The molecule has 0 aromatic heterocycles. The fourth-order valence-corrected chi connectivity index (χ4v) is 1.11. The van der Waals surface area contributed by atoms with Gasteiger partial charge in [-0.3, -0.25) is 0 Å². The lowest BCUT2D eigenvalue weighted by atomic mass is 10.1. The van der Waals surface area contributed by atoms with E-state index in [2.05, 4.69) is 5.32 Å². The number of nitrogens with one attached hydrogen (secondary N) is 1. The van der Waals surface area contributed by atoms with Crippen molar-refractivity contribution in [2.75, 3.05) is 11.9 Å². The number of hydrogen-bond donors (Lipinski definition) is 2. The van der Waals surface area contributed by atoms with Gasteiger partial charge < -0.3 is 11.1 Å². The fraction of sp³-hybridized carbons (Fsp3) is 0.455. The Hall–Kier alpha value is -1.23. The summed E-state index contributed by atoms with van der Waals surface area (Å²) in [5.41, 5.74) is 5.32. The van der Waals surface area contributed by atoms with Crippen LogP contribution in [0.15, 0.2) is 24.3 Å². The van der Waals surface area contributed by atoms with E-state index in [0.29, 0.717) is 12.2 Å². The van der Waals surface area contributed by atoms with Crippen molar-refractivity contribution < 1.29 is 13.2 Å². The second-order valence-corrected chi connectivity index (χ2v) is 4.42. The van der Waals surface area contributed by atoms with E-state index in [9.17, 15) is 13.2 Å². The second-order valence-electron chi connectivity index (χ2n) is 4.42. The highest BCUT2D eigenvalue weighted by Gasteiger charge is 2.29. The maximum atomic E-state index is 12.3. The lowest BCUT2D eigenvalue weighted by Crippen LogP contribution is -2.39. The zero-order valence-corrected chi connectivity index (χ0v) is 9.23. The minimum Gasteiger partial charge on any atom is -0.383 e.